The molecule has 1 aromatic rings. The van der Waals surface area contributed by atoms with E-state index >= 15 is 0 Å². The highest BCUT2D eigenvalue weighted by molar-refractivity contribution is 7.85. The summed E-state index contributed by atoms with van der Waals surface area (Å²) in [7, 11) is -3.10. The number of hydrogen-bond donors (Lipinski definition) is 0. The third-order valence-electron chi connectivity index (χ3n) is 1.80. The van der Waals surface area contributed by atoms with Crippen molar-refractivity contribution in [1.82, 2.24) is 5.01 Å². The normalized spacial score (nSPS) is 11.7. The highest BCUT2D eigenvalue weighted by atomic mass is 32.2. The molecule has 1 rings (SSSR count). The molecule has 0 aliphatic heterocycles. The lowest BCUT2D eigenvalue weighted by Crippen LogP contribution is -2.33. The Bertz CT molecular complexity index is 552. The number of benzene rings is 1. The largest absolute Gasteiger partial charge is 0.744 e. The number of rotatable bonds is 5. The van der Waals surface area contributed by atoms with Crippen molar-refractivity contribution in [3.8, 4) is 0 Å². The predicted molar refractivity (Wildman–Crippen MR) is 56.6 cm³/mol. The van der Waals surface area contributed by atoms with E-state index in [1.165, 1.54) is 19.2 Å². The van der Waals surface area contributed by atoms with Gasteiger partial charge in [-0.25, -0.2) is 8.42 Å². The molecule has 0 amide bonds. The fourth-order valence-corrected chi connectivity index (χ4v) is 1.50. The summed E-state index contributed by atoms with van der Waals surface area (Å²) in [5.41, 5.74) is 0.285. The standard InChI is InChI=1S/C9H11N3O5S/c1-12(6-9(13)14)11-10-7-2-4-8(5-3-7)18(15,16)17/h2-5H,6H2,1H3,(H,13,14)(H,15,16,17)/p-2. The Morgan fingerprint density at radius 3 is 2.33 bits per heavy atom. The Morgan fingerprint density at radius 1 is 1.33 bits per heavy atom. The molecule has 0 radical (unpaired) electrons. The van der Waals surface area contributed by atoms with Crippen molar-refractivity contribution < 1.29 is 22.9 Å². The van der Waals surface area contributed by atoms with Crippen molar-refractivity contribution in [1.29, 1.82) is 0 Å². The third kappa shape index (κ3) is 4.47. The fourth-order valence-electron chi connectivity index (χ4n) is 1.03. The molecule has 1 aromatic carbocycles. The van der Waals surface area contributed by atoms with E-state index in [1.807, 2.05) is 0 Å². The fraction of sp³-hybridized carbons (Fsp3) is 0.222. The van der Waals surface area contributed by atoms with Crippen molar-refractivity contribution in [2.24, 2.45) is 10.3 Å². The van der Waals surface area contributed by atoms with Crippen LogP contribution in [0.2, 0.25) is 0 Å². The molecule has 98 valence electrons. The van der Waals surface area contributed by atoms with Gasteiger partial charge in [0.05, 0.1) is 23.1 Å². The Labute approximate surface area is 103 Å². The molecule has 0 atom stereocenters. The zero-order valence-electron chi connectivity index (χ0n) is 9.31. The lowest BCUT2D eigenvalue weighted by atomic mass is 10.3. The van der Waals surface area contributed by atoms with Crippen molar-refractivity contribution in [3.63, 3.8) is 0 Å². The number of carboxylic acids is 1. The maximum Gasteiger partial charge on any atom is 0.124 e. The van der Waals surface area contributed by atoms with Gasteiger partial charge in [-0.1, -0.05) is 5.22 Å². The second-order valence-electron chi connectivity index (χ2n) is 3.33. The van der Waals surface area contributed by atoms with E-state index in [4.69, 9.17) is 0 Å². The summed E-state index contributed by atoms with van der Waals surface area (Å²) < 4.78 is 31.9. The van der Waals surface area contributed by atoms with Crippen LogP contribution in [0.3, 0.4) is 0 Å². The zero-order chi connectivity index (χ0) is 13.8. The van der Waals surface area contributed by atoms with Gasteiger partial charge in [0, 0.05) is 7.05 Å². The van der Waals surface area contributed by atoms with Crippen LogP contribution >= 0.6 is 0 Å². The van der Waals surface area contributed by atoms with Gasteiger partial charge in [-0.15, -0.1) is 5.11 Å². The molecular weight excluding hydrogens is 262 g/mol. The summed E-state index contributed by atoms with van der Waals surface area (Å²) in [5.74, 6) is -1.30. The molecule has 0 saturated carbocycles. The number of hydrogen-bond acceptors (Lipinski definition) is 7. The van der Waals surface area contributed by atoms with E-state index in [2.05, 4.69) is 10.3 Å². The molecular formula is C9H9N3O5S-2. The Balaban J connectivity index is 2.75. The number of carbonyl (C=O) groups is 1. The average molecular weight is 271 g/mol. The molecule has 18 heavy (non-hydrogen) atoms. The summed E-state index contributed by atoms with van der Waals surface area (Å²) in [4.78, 5) is 9.85. The first-order valence-corrected chi connectivity index (χ1v) is 6.08. The van der Waals surface area contributed by atoms with E-state index < -0.39 is 22.6 Å². The van der Waals surface area contributed by atoms with E-state index in [0.29, 0.717) is 0 Å². The van der Waals surface area contributed by atoms with Crippen LogP contribution in [0.1, 0.15) is 0 Å². The van der Waals surface area contributed by atoms with Gasteiger partial charge in [0.1, 0.15) is 10.1 Å². The molecule has 0 spiro atoms. The van der Waals surface area contributed by atoms with Gasteiger partial charge < -0.3 is 14.5 Å². The topological polar surface area (TPSA) is 125 Å². The SMILES string of the molecule is CN(CC(=O)[O-])N=Nc1ccc(S(=O)(=O)[O-])cc1. The minimum atomic E-state index is -4.49. The number of likely N-dealkylation sites (N-methyl/N-ethyl adjacent to an activating group) is 1. The van der Waals surface area contributed by atoms with Crippen LogP contribution in [0.25, 0.3) is 0 Å². The van der Waals surface area contributed by atoms with Gasteiger partial charge in [-0.2, -0.15) is 0 Å². The monoisotopic (exact) mass is 271 g/mol. The number of aliphatic carboxylic acids is 1. The van der Waals surface area contributed by atoms with Crippen molar-refractivity contribution in [3.05, 3.63) is 24.3 Å². The van der Waals surface area contributed by atoms with Gasteiger partial charge in [0.25, 0.3) is 0 Å². The number of nitrogens with zero attached hydrogens (tertiary/aromatic N) is 3. The lowest BCUT2D eigenvalue weighted by Gasteiger charge is -2.11. The van der Waals surface area contributed by atoms with Crippen molar-refractivity contribution in [2.45, 2.75) is 4.90 Å². The van der Waals surface area contributed by atoms with Crippen LogP contribution in [0.5, 0.6) is 0 Å². The summed E-state index contributed by atoms with van der Waals surface area (Å²) in [6, 6.07) is 4.74. The number of carbonyl (C=O) groups excluding carboxylic acids is 1. The molecule has 0 heterocycles. The van der Waals surface area contributed by atoms with Gasteiger partial charge in [0.15, 0.2) is 0 Å². The predicted octanol–water partition coefficient (Wildman–Crippen LogP) is -0.729. The zero-order valence-corrected chi connectivity index (χ0v) is 10.1. The maximum absolute atomic E-state index is 10.6. The van der Waals surface area contributed by atoms with E-state index in [-0.39, 0.29) is 10.6 Å². The van der Waals surface area contributed by atoms with Gasteiger partial charge >= 0.3 is 0 Å². The molecule has 0 bridgehead atoms. The second-order valence-corrected chi connectivity index (χ2v) is 4.70. The molecule has 9 heteroatoms. The Hall–Kier alpha value is -2.00. The van der Waals surface area contributed by atoms with Crippen molar-refractivity contribution in [2.75, 3.05) is 13.6 Å². The summed E-state index contributed by atoms with van der Waals surface area (Å²) in [6.07, 6.45) is 0. The lowest BCUT2D eigenvalue weighted by molar-refractivity contribution is -0.306. The molecule has 0 fully saturated rings. The van der Waals surface area contributed by atoms with Crippen LogP contribution in [-0.2, 0) is 14.9 Å². The first-order chi connectivity index (χ1) is 8.29. The molecule has 0 saturated heterocycles. The molecule has 0 aromatic heterocycles. The van der Waals surface area contributed by atoms with Crippen LogP contribution in [-0.4, -0.2) is 37.5 Å². The minimum absolute atomic E-state index is 0.285. The van der Waals surface area contributed by atoms with Crippen LogP contribution in [0, 0.1) is 0 Å². The molecule has 0 aliphatic carbocycles. The van der Waals surface area contributed by atoms with E-state index in [1.54, 1.807) is 0 Å². The first-order valence-electron chi connectivity index (χ1n) is 4.67. The first kappa shape index (κ1) is 14.1. The Morgan fingerprint density at radius 2 is 1.89 bits per heavy atom. The minimum Gasteiger partial charge on any atom is -0.744 e. The van der Waals surface area contributed by atoms with E-state index in [0.717, 1.165) is 17.1 Å². The summed E-state index contributed by atoms with van der Waals surface area (Å²) in [6.45, 7) is -0.420. The molecule has 0 aliphatic rings. The second kappa shape index (κ2) is 5.56. The summed E-state index contributed by atoms with van der Waals surface area (Å²) in [5, 5.41) is 18.4. The third-order valence-corrected chi connectivity index (χ3v) is 2.65. The quantitative estimate of drug-likeness (QED) is 0.395. The van der Waals surface area contributed by atoms with Crippen LogP contribution < -0.4 is 5.11 Å². The van der Waals surface area contributed by atoms with Crippen LogP contribution in [0.15, 0.2) is 39.5 Å². The van der Waals surface area contributed by atoms with Gasteiger partial charge in [-0.05, 0) is 24.3 Å². The molecule has 0 N–H and O–H groups in total. The maximum atomic E-state index is 10.6. The smallest absolute Gasteiger partial charge is 0.124 e. The van der Waals surface area contributed by atoms with Gasteiger partial charge in [-0.3, -0.25) is 5.01 Å². The highest BCUT2D eigenvalue weighted by Crippen LogP contribution is 2.16. The summed E-state index contributed by atoms with van der Waals surface area (Å²) >= 11 is 0. The highest BCUT2D eigenvalue weighted by Gasteiger charge is 2.00. The van der Waals surface area contributed by atoms with Crippen molar-refractivity contribution >= 4 is 21.8 Å². The number of carboxylic acid groups (broad SMARTS) is 1. The molecule has 8 nitrogen and oxygen atoms in total. The van der Waals surface area contributed by atoms with E-state index in [9.17, 15) is 22.9 Å². The van der Waals surface area contributed by atoms with Gasteiger partial charge in [0.2, 0.25) is 0 Å². The Kier molecular flexibility index (Phi) is 4.34. The van der Waals surface area contributed by atoms with Crippen LogP contribution in [0.4, 0.5) is 5.69 Å². The average Bonchev–Trinajstić information content (AvgIpc) is 2.25. The molecule has 0 unspecified atom stereocenters.